The number of rotatable bonds is 12. The average Bonchev–Trinajstić information content (AvgIpc) is 3.37. The van der Waals surface area contributed by atoms with Gasteiger partial charge in [-0.05, 0) is 65.7 Å². The Morgan fingerprint density at radius 1 is 1.18 bits per heavy atom. The number of aromatic nitrogens is 4. The van der Waals surface area contributed by atoms with Gasteiger partial charge in [0.15, 0.2) is 17.0 Å². The monoisotopic (exact) mass is 546 g/mol. The smallest absolute Gasteiger partial charge is 0.269 e. The number of fused-ring (bicyclic) bond motifs is 1. The van der Waals surface area contributed by atoms with Gasteiger partial charge < -0.3 is 19.3 Å². The van der Waals surface area contributed by atoms with Crippen molar-refractivity contribution >= 4 is 28.6 Å². The van der Waals surface area contributed by atoms with Crippen LogP contribution in [0.4, 0.5) is 11.5 Å². The summed E-state index contributed by atoms with van der Waals surface area (Å²) in [5.74, 6) is 0.269. The zero-order valence-corrected chi connectivity index (χ0v) is 24.5. The maximum atomic E-state index is 13.7. The summed E-state index contributed by atoms with van der Waals surface area (Å²) in [5.41, 5.74) is 5.90. The summed E-state index contributed by atoms with van der Waals surface area (Å²) in [6, 6.07) is 9.79. The molecule has 4 rings (SSSR count). The summed E-state index contributed by atoms with van der Waals surface area (Å²) in [6.07, 6.45) is 5.52. The lowest BCUT2D eigenvalue weighted by atomic mass is 10.1. The van der Waals surface area contributed by atoms with E-state index < -0.39 is 0 Å². The van der Waals surface area contributed by atoms with Gasteiger partial charge in [-0.25, -0.2) is 4.98 Å². The molecular formula is C29H42N10O. The fourth-order valence-electron chi connectivity index (χ4n) is 4.95. The van der Waals surface area contributed by atoms with Gasteiger partial charge in [0, 0.05) is 50.0 Å². The van der Waals surface area contributed by atoms with Crippen molar-refractivity contribution in [2.45, 2.75) is 52.1 Å². The number of unbranched alkanes of at least 4 members (excludes halogenated alkanes) is 1. The average molecular weight is 547 g/mol. The number of likely N-dealkylation sites (N-methyl/N-ethyl adjacent to an activating group) is 1. The number of nitrogens with one attached hydrogen (secondary N) is 1. The zero-order valence-electron chi connectivity index (χ0n) is 24.5. The summed E-state index contributed by atoms with van der Waals surface area (Å²) in [6.45, 7) is 9.68. The van der Waals surface area contributed by atoms with Crippen molar-refractivity contribution in [1.82, 2.24) is 34.7 Å². The highest BCUT2D eigenvalue weighted by atomic mass is 16.2. The number of benzene rings is 1. The minimum absolute atomic E-state index is 0.0517. The Kier molecular flexibility index (Phi) is 9.90. The molecule has 1 atom stereocenters. The molecule has 1 aromatic carbocycles. The van der Waals surface area contributed by atoms with Crippen LogP contribution in [-0.2, 0) is 6.54 Å². The Labute approximate surface area is 237 Å². The number of carbonyl (C=O) groups is 1. The number of nitriles is 1. The first-order chi connectivity index (χ1) is 19.3. The van der Waals surface area contributed by atoms with Crippen LogP contribution in [0, 0.1) is 11.3 Å². The molecule has 11 nitrogen and oxygen atoms in total. The summed E-state index contributed by atoms with van der Waals surface area (Å²) in [5, 5.41) is 11.5. The first-order valence-electron chi connectivity index (χ1n) is 14.2. The molecule has 0 bridgehead atoms. The van der Waals surface area contributed by atoms with Gasteiger partial charge in [-0.1, -0.05) is 25.8 Å². The number of aryl methyl sites for hydroxylation is 1. The van der Waals surface area contributed by atoms with Crippen LogP contribution in [0.25, 0.3) is 11.2 Å². The van der Waals surface area contributed by atoms with E-state index in [-0.39, 0.29) is 17.8 Å². The first kappa shape index (κ1) is 29.2. The number of hydrogen-bond acceptors (Lipinski definition) is 9. The lowest BCUT2D eigenvalue weighted by Gasteiger charge is -2.34. The van der Waals surface area contributed by atoms with Gasteiger partial charge in [-0.15, -0.1) is 0 Å². The minimum atomic E-state index is -0.227. The van der Waals surface area contributed by atoms with Gasteiger partial charge in [0.25, 0.3) is 5.91 Å². The van der Waals surface area contributed by atoms with Gasteiger partial charge in [-0.3, -0.25) is 15.2 Å². The third-order valence-corrected chi connectivity index (χ3v) is 7.39. The van der Waals surface area contributed by atoms with E-state index in [1.165, 1.54) is 0 Å². The Balaban J connectivity index is 1.65. The maximum Gasteiger partial charge on any atom is 0.269 e. The molecule has 40 heavy (non-hydrogen) atoms. The van der Waals surface area contributed by atoms with Crippen molar-refractivity contribution in [1.29, 1.82) is 5.26 Å². The molecule has 0 spiro atoms. The predicted octanol–water partition coefficient (Wildman–Crippen LogP) is 3.13. The van der Waals surface area contributed by atoms with Crippen LogP contribution >= 0.6 is 0 Å². The van der Waals surface area contributed by atoms with E-state index in [2.05, 4.69) is 68.1 Å². The Morgan fingerprint density at radius 3 is 2.65 bits per heavy atom. The third kappa shape index (κ3) is 7.06. The van der Waals surface area contributed by atoms with E-state index in [9.17, 15) is 10.1 Å². The third-order valence-electron chi connectivity index (χ3n) is 7.39. The molecule has 0 radical (unpaired) electrons. The molecule has 1 N–H and O–H groups in total. The topological polar surface area (TPSA) is 109 Å². The minimum Gasteiger partial charge on any atom is -0.369 e. The molecule has 1 saturated heterocycles. The van der Waals surface area contributed by atoms with E-state index in [0.29, 0.717) is 29.1 Å². The summed E-state index contributed by atoms with van der Waals surface area (Å²) in [4.78, 5) is 34.1. The number of hydrazine groups is 1. The molecule has 3 heterocycles. The molecule has 1 aliphatic heterocycles. The fourth-order valence-corrected chi connectivity index (χ4v) is 4.95. The standard InChI is InChI=1S/C29H42N10O/c1-6-7-10-22(2)39(34-29(40)23-11-8-12-24(19-23)37-17-15-36(5)16-18-37)28-26-27(32-25(20-30)33-28)38(21-31-26)14-9-13-35(3)4/h8,11-12,19,21-22H,6-7,9-10,13-18H2,1-5H3,(H,34,40). The molecule has 1 fully saturated rings. The Morgan fingerprint density at radius 2 is 1.95 bits per heavy atom. The van der Waals surface area contributed by atoms with E-state index in [0.717, 1.165) is 64.1 Å². The zero-order chi connectivity index (χ0) is 28.6. The Bertz CT molecular complexity index is 1320. The van der Waals surface area contributed by atoms with E-state index in [1.807, 2.05) is 36.9 Å². The normalized spacial score (nSPS) is 14.9. The summed E-state index contributed by atoms with van der Waals surface area (Å²) >= 11 is 0. The molecule has 1 unspecified atom stereocenters. The van der Waals surface area contributed by atoms with Crippen molar-refractivity contribution in [2.75, 3.05) is 63.8 Å². The van der Waals surface area contributed by atoms with Crippen LogP contribution in [-0.4, -0.2) is 95.1 Å². The number of anilines is 2. The van der Waals surface area contributed by atoms with Gasteiger partial charge in [-0.2, -0.15) is 15.2 Å². The second-order valence-corrected chi connectivity index (χ2v) is 10.9. The highest BCUT2D eigenvalue weighted by molar-refractivity contribution is 5.97. The van der Waals surface area contributed by atoms with E-state index in [4.69, 9.17) is 0 Å². The molecule has 0 saturated carbocycles. The van der Waals surface area contributed by atoms with Crippen LogP contribution in [0.5, 0.6) is 0 Å². The first-order valence-corrected chi connectivity index (χ1v) is 14.2. The molecular weight excluding hydrogens is 504 g/mol. The van der Waals surface area contributed by atoms with Gasteiger partial charge in [0.1, 0.15) is 6.07 Å². The van der Waals surface area contributed by atoms with Crippen molar-refractivity contribution in [3.63, 3.8) is 0 Å². The summed E-state index contributed by atoms with van der Waals surface area (Å²) in [7, 11) is 6.21. The number of piperazine rings is 1. The van der Waals surface area contributed by atoms with E-state index in [1.54, 1.807) is 11.3 Å². The molecule has 1 amide bonds. The van der Waals surface area contributed by atoms with Crippen LogP contribution in [0.15, 0.2) is 30.6 Å². The van der Waals surface area contributed by atoms with E-state index >= 15 is 0 Å². The number of imidazole rings is 1. The maximum absolute atomic E-state index is 13.7. The molecule has 1 aliphatic rings. The van der Waals surface area contributed by atoms with Crippen LogP contribution < -0.4 is 15.3 Å². The molecule has 214 valence electrons. The molecule has 3 aromatic rings. The van der Waals surface area contributed by atoms with Gasteiger partial charge in [0.2, 0.25) is 5.82 Å². The highest BCUT2D eigenvalue weighted by Crippen LogP contribution is 2.26. The lowest BCUT2D eigenvalue weighted by molar-refractivity contribution is 0.0944. The quantitative estimate of drug-likeness (QED) is 0.343. The SMILES string of the molecule is CCCCC(C)N(NC(=O)c1cccc(N2CCN(C)CC2)c1)c1nc(C#N)nc2c1ncn2CCCN(C)C. The van der Waals surface area contributed by atoms with Crippen molar-refractivity contribution in [3.8, 4) is 6.07 Å². The van der Waals surface area contributed by atoms with Crippen molar-refractivity contribution in [3.05, 3.63) is 42.0 Å². The van der Waals surface area contributed by atoms with Gasteiger partial charge in [0.05, 0.1) is 6.33 Å². The number of hydrogen-bond donors (Lipinski definition) is 1. The number of nitrogens with zero attached hydrogens (tertiary/aromatic N) is 9. The highest BCUT2D eigenvalue weighted by Gasteiger charge is 2.25. The molecule has 0 aliphatic carbocycles. The predicted molar refractivity (Wildman–Crippen MR) is 158 cm³/mol. The molecule has 11 heteroatoms. The largest absolute Gasteiger partial charge is 0.369 e. The van der Waals surface area contributed by atoms with Gasteiger partial charge >= 0.3 is 0 Å². The molecule has 2 aromatic heterocycles. The number of amides is 1. The summed E-state index contributed by atoms with van der Waals surface area (Å²) < 4.78 is 1.96. The number of carbonyl (C=O) groups excluding carboxylic acids is 1. The Hall–Kier alpha value is -3.75. The second-order valence-electron chi connectivity index (χ2n) is 10.9. The second kappa shape index (κ2) is 13.5. The van der Waals surface area contributed by atoms with Crippen LogP contribution in [0.3, 0.4) is 0 Å². The van der Waals surface area contributed by atoms with Crippen molar-refractivity contribution < 1.29 is 4.79 Å². The fraction of sp³-hybridized carbons (Fsp3) is 0.552. The van der Waals surface area contributed by atoms with Crippen LogP contribution in [0.2, 0.25) is 0 Å². The lowest BCUT2D eigenvalue weighted by Crippen LogP contribution is -2.48. The van der Waals surface area contributed by atoms with Crippen molar-refractivity contribution in [2.24, 2.45) is 0 Å². The van der Waals surface area contributed by atoms with Crippen LogP contribution in [0.1, 0.15) is 55.7 Å².